The molecule has 4 nitrogen and oxygen atoms in total. The highest BCUT2D eigenvalue weighted by Gasteiger charge is 2.24. The van der Waals surface area contributed by atoms with E-state index in [0.29, 0.717) is 6.04 Å². The van der Waals surface area contributed by atoms with Crippen molar-refractivity contribution in [2.75, 3.05) is 17.2 Å². The summed E-state index contributed by atoms with van der Waals surface area (Å²) in [6, 6.07) is 0.486. The fourth-order valence-corrected chi connectivity index (χ4v) is 2.42. The van der Waals surface area contributed by atoms with E-state index in [-0.39, 0.29) is 0 Å². The molecule has 2 rings (SSSR count). The zero-order chi connectivity index (χ0) is 14.5. The van der Waals surface area contributed by atoms with Crippen LogP contribution in [0.1, 0.15) is 57.8 Å². The van der Waals surface area contributed by atoms with Crippen molar-refractivity contribution in [3.8, 4) is 0 Å². The van der Waals surface area contributed by atoms with Crippen molar-refractivity contribution in [2.24, 2.45) is 5.92 Å². The van der Waals surface area contributed by atoms with Crippen molar-refractivity contribution in [3.05, 3.63) is 11.4 Å². The number of aryl methyl sites for hydroxylation is 1. The van der Waals surface area contributed by atoms with Gasteiger partial charge in [0.1, 0.15) is 17.5 Å². The summed E-state index contributed by atoms with van der Waals surface area (Å²) in [4.78, 5) is 9.27. The SMILES string of the molecule is CCCNc1nc(CC)nc(NC(C)CC2CC2)c1C. The number of hydrogen-bond acceptors (Lipinski definition) is 4. The lowest BCUT2D eigenvalue weighted by molar-refractivity contribution is 0.638. The lowest BCUT2D eigenvalue weighted by Crippen LogP contribution is -2.19. The molecule has 0 spiro atoms. The third-order valence-electron chi connectivity index (χ3n) is 3.82. The fraction of sp³-hybridized carbons (Fsp3) is 0.750. The standard InChI is InChI=1S/C16H28N4/c1-5-9-17-15-12(4)16(20-14(6-2)19-15)18-11(3)10-13-7-8-13/h11,13H,5-10H2,1-4H3,(H2,17,18,19,20). The van der Waals surface area contributed by atoms with Crippen molar-refractivity contribution < 1.29 is 0 Å². The molecule has 0 saturated heterocycles. The number of aromatic nitrogens is 2. The number of nitrogens with one attached hydrogen (secondary N) is 2. The van der Waals surface area contributed by atoms with E-state index in [0.717, 1.165) is 48.3 Å². The summed E-state index contributed by atoms with van der Waals surface area (Å²) in [6.45, 7) is 9.58. The first-order valence-electron chi connectivity index (χ1n) is 8.01. The molecule has 1 heterocycles. The van der Waals surface area contributed by atoms with Crippen LogP contribution >= 0.6 is 0 Å². The number of rotatable bonds is 8. The van der Waals surface area contributed by atoms with Crippen LogP contribution in [0.15, 0.2) is 0 Å². The Balaban J connectivity index is 2.11. The molecule has 0 bridgehead atoms. The number of hydrogen-bond donors (Lipinski definition) is 2. The molecule has 1 aliphatic rings. The van der Waals surface area contributed by atoms with Crippen LogP contribution in [0, 0.1) is 12.8 Å². The Hall–Kier alpha value is -1.32. The third kappa shape index (κ3) is 4.09. The quantitative estimate of drug-likeness (QED) is 0.759. The molecule has 1 aliphatic carbocycles. The summed E-state index contributed by atoms with van der Waals surface area (Å²) in [5, 5.41) is 6.99. The molecule has 1 fully saturated rings. The summed E-state index contributed by atoms with van der Waals surface area (Å²) in [6.07, 6.45) is 6.03. The summed E-state index contributed by atoms with van der Waals surface area (Å²) in [5.74, 6) is 3.83. The molecular weight excluding hydrogens is 248 g/mol. The molecule has 1 unspecified atom stereocenters. The second-order valence-electron chi connectivity index (χ2n) is 5.97. The van der Waals surface area contributed by atoms with Gasteiger partial charge in [-0.05, 0) is 32.6 Å². The van der Waals surface area contributed by atoms with Gasteiger partial charge in [-0.2, -0.15) is 0 Å². The van der Waals surface area contributed by atoms with Gasteiger partial charge >= 0.3 is 0 Å². The lowest BCUT2D eigenvalue weighted by atomic mass is 10.1. The van der Waals surface area contributed by atoms with Crippen molar-refractivity contribution in [2.45, 2.75) is 65.8 Å². The van der Waals surface area contributed by atoms with Gasteiger partial charge in [0.25, 0.3) is 0 Å². The second kappa shape index (κ2) is 6.91. The molecule has 2 N–H and O–H groups in total. The minimum atomic E-state index is 0.486. The average Bonchev–Trinajstić information content (AvgIpc) is 3.23. The molecule has 0 aliphatic heterocycles. The van der Waals surface area contributed by atoms with Crippen LogP contribution in [-0.2, 0) is 6.42 Å². The minimum absolute atomic E-state index is 0.486. The van der Waals surface area contributed by atoms with Gasteiger partial charge in [-0.3, -0.25) is 0 Å². The van der Waals surface area contributed by atoms with E-state index >= 15 is 0 Å². The Morgan fingerprint density at radius 2 is 1.90 bits per heavy atom. The predicted octanol–water partition coefficient (Wildman–Crippen LogP) is 3.77. The van der Waals surface area contributed by atoms with Gasteiger partial charge in [0.05, 0.1) is 0 Å². The summed E-state index contributed by atoms with van der Waals surface area (Å²) < 4.78 is 0. The largest absolute Gasteiger partial charge is 0.370 e. The highest BCUT2D eigenvalue weighted by atomic mass is 15.1. The Bertz CT molecular complexity index is 440. The molecule has 0 amide bonds. The zero-order valence-electron chi connectivity index (χ0n) is 13.3. The minimum Gasteiger partial charge on any atom is -0.370 e. The first kappa shape index (κ1) is 15.1. The van der Waals surface area contributed by atoms with Crippen molar-refractivity contribution >= 4 is 11.6 Å². The third-order valence-corrected chi connectivity index (χ3v) is 3.82. The smallest absolute Gasteiger partial charge is 0.134 e. The van der Waals surface area contributed by atoms with Gasteiger partial charge in [-0.15, -0.1) is 0 Å². The summed E-state index contributed by atoms with van der Waals surface area (Å²) in [5.41, 5.74) is 1.14. The van der Waals surface area contributed by atoms with Gasteiger partial charge in [0.2, 0.25) is 0 Å². The lowest BCUT2D eigenvalue weighted by Gasteiger charge is -2.18. The predicted molar refractivity (Wildman–Crippen MR) is 85.4 cm³/mol. The maximum absolute atomic E-state index is 4.66. The van der Waals surface area contributed by atoms with Crippen LogP contribution in [-0.4, -0.2) is 22.6 Å². The van der Waals surface area contributed by atoms with Crippen LogP contribution in [0.3, 0.4) is 0 Å². The van der Waals surface area contributed by atoms with E-state index in [1.807, 2.05) is 0 Å². The Labute approximate surface area is 122 Å². The topological polar surface area (TPSA) is 49.8 Å². The molecule has 20 heavy (non-hydrogen) atoms. The van der Waals surface area contributed by atoms with Gasteiger partial charge in [-0.1, -0.05) is 26.7 Å². The van der Waals surface area contributed by atoms with Crippen molar-refractivity contribution in [3.63, 3.8) is 0 Å². The van der Waals surface area contributed by atoms with E-state index in [1.54, 1.807) is 0 Å². The number of nitrogens with zero attached hydrogens (tertiary/aromatic N) is 2. The zero-order valence-corrected chi connectivity index (χ0v) is 13.3. The van der Waals surface area contributed by atoms with Gasteiger partial charge in [-0.25, -0.2) is 9.97 Å². The van der Waals surface area contributed by atoms with E-state index in [9.17, 15) is 0 Å². The highest BCUT2D eigenvalue weighted by Crippen LogP contribution is 2.34. The fourth-order valence-electron chi connectivity index (χ4n) is 2.42. The average molecular weight is 276 g/mol. The van der Waals surface area contributed by atoms with Crippen LogP contribution in [0.4, 0.5) is 11.6 Å². The number of anilines is 2. The molecule has 0 aromatic carbocycles. The molecule has 1 atom stereocenters. The van der Waals surface area contributed by atoms with E-state index in [4.69, 9.17) is 0 Å². The van der Waals surface area contributed by atoms with Crippen LogP contribution in [0.25, 0.3) is 0 Å². The molecule has 1 saturated carbocycles. The maximum atomic E-state index is 4.66. The monoisotopic (exact) mass is 276 g/mol. The normalized spacial score (nSPS) is 16.0. The Morgan fingerprint density at radius 1 is 1.20 bits per heavy atom. The Kier molecular flexibility index (Phi) is 5.21. The molecular formula is C16H28N4. The van der Waals surface area contributed by atoms with Gasteiger partial charge < -0.3 is 10.6 Å². The van der Waals surface area contributed by atoms with Crippen molar-refractivity contribution in [1.29, 1.82) is 0 Å². The molecule has 1 aromatic heterocycles. The van der Waals surface area contributed by atoms with Crippen LogP contribution in [0.5, 0.6) is 0 Å². The van der Waals surface area contributed by atoms with E-state index < -0.39 is 0 Å². The van der Waals surface area contributed by atoms with Crippen LogP contribution in [0.2, 0.25) is 0 Å². The molecule has 1 aromatic rings. The first-order chi connectivity index (χ1) is 9.63. The second-order valence-corrected chi connectivity index (χ2v) is 5.97. The van der Waals surface area contributed by atoms with Crippen LogP contribution < -0.4 is 10.6 Å². The molecule has 4 heteroatoms. The van der Waals surface area contributed by atoms with Gasteiger partial charge in [0, 0.05) is 24.6 Å². The first-order valence-corrected chi connectivity index (χ1v) is 8.01. The van der Waals surface area contributed by atoms with E-state index in [1.165, 1.54) is 19.3 Å². The summed E-state index contributed by atoms with van der Waals surface area (Å²) >= 11 is 0. The van der Waals surface area contributed by atoms with Gasteiger partial charge in [0.15, 0.2) is 0 Å². The highest BCUT2D eigenvalue weighted by molar-refractivity contribution is 5.57. The maximum Gasteiger partial charge on any atom is 0.134 e. The molecule has 0 radical (unpaired) electrons. The summed E-state index contributed by atoms with van der Waals surface area (Å²) in [7, 11) is 0. The van der Waals surface area contributed by atoms with Crippen molar-refractivity contribution in [1.82, 2.24) is 9.97 Å². The molecule has 112 valence electrons. The Morgan fingerprint density at radius 3 is 2.50 bits per heavy atom. The van der Waals surface area contributed by atoms with E-state index in [2.05, 4.69) is 48.3 Å².